The summed E-state index contributed by atoms with van der Waals surface area (Å²) in [6.45, 7) is 3.73. The molecule has 0 aromatic rings. The van der Waals surface area contributed by atoms with Crippen molar-refractivity contribution in [2.45, 2.75) is 135 Å². The molecule has 0 spiro atoms. The van der Waals surface area contributed by atoms with Crippen LogP contribution in [0.4, 0.5) is 0 Å². The summed E-state index contributed by atoms with van der Waals surface area (Å²) in [5.41, 5.74) is 0. The second-order valence-electron chi connectivity index (χ2n) is 16.0. The van der Waals surface area contributed by atoms with Gasteiger partial charge in [0.1, 0.15) is 19.8 Å². The number of aliphatic hydroxyl groups is 3. The summed E-state index contributed by atoms with van der Waals surface area (Å²) < 4.78 is 34.1. The predicted molar refractivity (Wildman–Crippen MR) is 235 cm³/mol. The highest BCUT2D eigenvalue weighted by atomic mass is 31.2. The fourth-order valence-electron chi connectivity index (χ4n) is 6.08. The molecular formula is C46H77NO11P+. The standard InChI is InChI=1S/C46H76NO11P/c1-6-8-10-11-12-13-14-15-16-17-18-19-20-21-22-23-25-31-46(52)58-40(38-57-59(53,54)56-35-34-47(3,4)5)37-55-45(51)30-27-26-29-41-42(44(50)36-43(41)49)33-32-39(48)28-24-9-7-2/h8,10,12-13,15-16,18-19,21-22,26-27,32-33,39-44,48-50H,6-7,9,11,14,17,20,23-25,28-31,34-38H2,1-5H3/p+1/b10-8-,13-12-,16-15-,19-18-,22-21-,27-26-,33-32+/t39-,40-,41+,42-,43+,44-/m1/s1. The molecule has 1 aliphatic carbocycles. The number of allylic oxidation sites excluding steroid dienone is 11. The van der Waals surface area contributed by atoms with Crippen molar-refractivity contribution in [1.29, 1.82) is 0 Å². The van der Waals surface area contributed by atoms with Crippen molar-refractivity contribution in [1.82, 2.24) is 0 Å². The number of nitrogens with zero attached hydrogens (tertiary/aromatic N) is 1. The van der Waals surface area contributed by atoms with Crippen LogP contribution in [-0.2, 0) is 32.7 Å². The van der Waals surface area contributed by atoms with Gasteiger partial charge in [-0.25, -0.2) is 4.57 Å². The summed E-state index contributed by atoms with van der Waals surface area (Å²) in [4.78, 5) is 35.6. The van der Waals surface area contributed by atoms with Gasteiger partial charge in [0.2, 0.25) is 0 Å². The third-order valence-corrected chi connectivity index (χ3v) is 10.5. The molecule has 1 fully saturated rings. The van der Waals surface area contributed by atoms with Gasteiger partial charge in [0, 0.05) is 18.8 Å². The Morgan fingerprint density at radius 3 is 2.02 bits per heavy atom. The van der Waals surface area contributed by atoms with Crippen LogP contribution in [0.3, 0.4) is 0 Å². The molecule has 13 heteroatoms. The molecule has 0 bridgehead atoms. The number of phosphoric ester groups is 1. The van der Waals surface area contributed by atoms with Crippen molar-refractivity contribution in [3.63, 3.8) is 0 Å². The lowest BCUT2D eigenvalue weighted by Gasteiger charge is -2.24. The van der Waals surface area contributed by atoms with Crippen molar-refractivity contribution in [2.24, 2.45) is 11.8 Å². The molecule has 0 radical (unpaired) electrons. The number of ether oxygens (including phenoxy) is 2. The molecular weight excluding hydrogens is 773 g/mol. The number of hydrogen-bond acceptors (Lipinski definition) is 10. The molecule has 0 amide bonds. The number of quaternary nitrogens is 1. The number of esters is 2. The van der Waals surface area contributed by atoms with Crippen LogP contribution >= 0.6 is 7.82 Å². The van der Waals surface area contributed by atoms with E-state index in [1.165, 1.54) is 0 Å². The van der Waals surface area contributed by atoms with Gasteiger partial charge in [-0.15, -0.1) is 0 Å². The molecule has 1 rings (SSSR count). The average Bonchev–Trinajstić information content (AvgIpc) is 3.44. The zero-order valence-corrected chi connectivity index (χ0v) is 37.4. The molecule has 7 atom stereocenters. The van der Waals surface area contributed by atoms with Crippen LogP contribution in [0.15, 0.2) is 85.1 Å². The Bertz CT molecular complexity index is 1400. The molecule has 0 heterocycles. The van der Waals surface area contributed by atoms with Gasteiger partial charge >= 0.3 is 19.8 Å². The summed E-state index contributed by atoms with van der Waals surface area (Å²) in [5, 5.41) is 31.4. The zero-order valence-electron chi connectivity index (χ0n) is 36.5. The van der Waals surface area contributed by atoms with Gasteiger partial charge in [0.25, 0.3) is 0 Å². The second-order valence-corrected chi connectivity index (χ2v) is 17.4. The first kappa shape index (κ1) is 54.1. The quantitative estimate of drug-likeness (QED) is 0.0165. The van der Waals surface area contributed by atoms with Gasteiger partial charge in [-0.3, -0.25) is 18.6 Å². The van der Waals surface area contributed by atoms with E-state index in [0.29, 0.717) is 36.7 Å². The first-order valence-corrected chi connectivity index (χ1v) is 23.1. The molecule has 59 heavy (non-hydrogen) atoms. The Morgan fingerprint density at radius 1 is 0.780 bits per heavy atom. The molecule has 0 aliphatic heterocycles. The number of unbranched alkanes of at least 4 members (excludes halogenated alkanes) is 3. The molecule has 1 saturated carbocycles. The number of aliphatic hydroxyl groups excluding tert-OH is 3. The summed E-state index contributed by atoms with van der Waals surface area (Å²) in [5.74, 6) is -1.79. The maximum atomic E-state index is 12.7. The fraction of sp³-hybridized carbons (Fsp3) is 0.652. The van der Waals surface area contributed by atoms with Crippen LogP contribution in [0.1, 0.15) is 110 Å². The van der Waals surface area contributed by atoms with Crippen molar-refractivity contribution < 1.29 is 57.4 Å². The third-order valence-electron chi connectivity index (χ3n) is 9.51. The van der Waals surface area contributed by atoms with Gasteiger partial charge in [-0.05, 0) is 63.7 Å². The monoisotopic (exact) mass is 851 g/mol. The van der Waals surface area contributed by atoms with E-state index in [1.54, 1.807) is 24.3 Å². The Hall–Kier alpha value is -2.93. The van der Waals surface area contributed by atoms with Gasteiger partial charge in [0.15, 0.2) is 6.10 Å². The minimum absolute atomic E-state index is 0.0340. The normalized spacial score (nSPS) is 21.3. The third kappa shape index (κ3) is 29.9. The van der Waals surface area contributed by atoms with E-state index in [9.17, 15) is 34.4 Å². The topological polar surface area (TPSA) is 169 Å². The number of rotatable bonds is 33. The summed E-state index contributed by atoms with van der Waals surface area (Å²) in [6, 6.07) is 0. The lowest BCUT2D eigenvalue weighted by molar-refractivity contribution is -0.870. The fourth-order valence-corrected chi connectivity index (χ4v) is 6.82. The van der Waals surface area contributed by atoms with Crippen LogP contribution < -0.4 is 0 Å². The first-order valence-electron chi connectivity index (χ1n) is 21.6. The SMILES string of the molecule is CC/C=C\C/C=C\C/C=C\C/C=C\C/C=C\CCCC(=O)O[C@H](COC(=O)C/C=C\C[C@H]1[C@@H](/C=C/[C@H](O)CCCCC)[C@H](O)C[C@@H]1O)COP(=O)(O)OCC[N+](C)(C)C. The van der Waals surface area contributed by atoms with E-state index in [0.717, 1.165) is 51.4 Å². The molecule has 336 valence electrons. The number of carbonyl (C=O) groups is 2. The molecule has 0 aromatic heterocycles. The van der Waals surface area contributed by atoms with Crippen LogP contribution in [0.5, 0.6) is 0 Å². The smallest absolute Gasteiger partial charge is 0.461 e. The predicted octanol–water partition coefficient (Wildman–Crippen LogP) is 8.39. The van der Waals surface area contributed by atoms with Crippen molar-refractivity contribution in [2.75, 3.05) is 47.5 Å². The summed E-state index contributed by atoms with van der Waals surface area (Å²) in [6.07, 6.45) is 34.9. The van der Waals surface area contributed by atoms with Gasteiger partial charge < -0.3 is 34.2 Å². The van der Waals surface area contributed by atoms with Crippen molar-refractivity contribution in [3.05, 3.63) is 85.1 Å². The lowest BCUT2D eigenvalue weighted by Crippen LogP contribution is -2.37. The highest BCUT2D eigenvalue weighted by Gasteiger charge is 2.39. The Kier molecular flexibility index (Phi) is 30.1. The maximum Gasteiger partial charge on any atom is 0.472 e. The highest BCUT2D eigenvalue weighted by molar-refractivity contribution is 7.47. The summed E-state index contributed by atoms with van der Waals surface area (Å²) >= 11 is 0. The zero-order chi connectivity index (χ0) is 43.8. The van der Waals surface area contributed by atoms with Crippen molar-refractivity contribution in [3.8, 4) is 0 Å². The van der Waals surface area contributed by atoms with E-state index >= 15 is 0 Å². The van der Waals surface area contributed by atoms with E-state index in [4.69, 9.17) is 18.5 Å². The van der Waals surface area contributed by atoms with Gasteiger partial charge in [0.05, 0.1) is 52.5 Å². The molecule has 12 nitrogen and oxygen atoms in total. The Labute approximate surface area is 355 Å². The Morgan fingerprint density at radius 2 is 1.41 bits per heavy atom. The minimum Gasteiger partial charge on any atom is -0.461 e. The van der Waals surface area contributed by atoms with E-state index in [1.807, 2.05) is 33.3 Å². The number of likely N-dealkylation sites (N-methyl/N-ethyl adjacent to an activating group) is 1. The number of carbonyl (C=O) groups excluding carboxylic acids is 2. The number of phosphoric acid groups is 1. The molecule has 1 unspecified atom stereocenters. The van der Waals surface area contributed by atoms with Crippen LogP contribution in [-0.4, -0.2) is 109 Å². The average molecular weight is 851 g/mol. The maximum absolute atomic E-state index is 12.7. The molecule has 0 saturated heterocycles. The van der Waals surface area contributed by atoms with E-state index < -0.39 is 57.4 Å². The van der Waals surface area contributed by atoms with Gasteiger partial charge in [-0.1, -0.05) is 118 Å². The van der Waals surface area contributed by atoms with Crippen LogP contribution in [0.25, 0.3) is 0 Å². The highest BCUT2D eigenvalue weighted by Crippen LogP contribution is 2.43. The molecule has 1 aliphatic rings. The Balaban J connectivity index is 2.61. The van der Waals surface area contributed by atoms with Crippen LogP contribution in [0, 0.1) is 11.8 Å². The first-order chi connectivity index (χ1) is 28.2. The molecule has 4 N–H and O–H groups in total. The minimum atomic E-state index is -4.48. The van der Waals surface area contributed by atoms with E-state index in [-0.39, 0.29) is 37.7 Å². The lowest BCUT2D eigenvalue weighted by atomic mass is 9.89. The van der Waals surface area contributed by atoms with Gasteiger partial charge in [-0.2, -0.15) is 0 Å². The largest absolute Gasteiger partial charge is 0.472 e. The second kappa shape index (κ2) is 32.8. The summed E-state index contributed by atoms with van der Waals surface area (Å²) in [7, 11) is 1.25. The van der Waals surface area contributed by atoms with E-state index in [2.05, 4.69) is 62.5 Å². The molecule has 0 aromatic carbocycles. The number of hydrogen-bond donors (Lipinski definition) is 4. The van der Waals surface area contributed by atoms with Crippen LogP contribution in [0.2, 0.25) is 0 Å². The van der Waals surface area contributed by atoms with Crippen molar-refractivity contribution >= 4 is 19.8 Å².